The molecule has 2 atom stereocenters. The van der Waals surface area contributed by atoms with Gasteiger partial charge in [0, 0.05) is 27.1 Å². The van der Waals surface area contributed by atoms with Gasteiger partial charge in [-0.05, 0) is 43.4 Å². The first-order valence-corrected chi connectivity index (χ1v) is 8.51. The van der Waals surface area contributed by atoms with E-state index in [4.69, 9.17) is 0 Å². The minimum Gasteiger partial charge on any atom is -0.335 e. The molecule has 19 heavy (non-hydrogen) atoms. The SMILES string of the molecule is O=C(c1cc(Br)cc(Br)c1)N1CCC2CCCCC21. The average Bonchev–Trinajstić information content (AvgIpc) is 2.80. The van der Waals surface area contributed by atoms with Crippen LogP contribution in [0, 0.1) is 5.92 Å². The molecule has 0 aromatic heterocycles. The van der Waals surface area contributed by atoms with Crippen LogP contribution in [0.2, 0.25) is 0 Å². The summed E-state index contributed by atoms with van der Waals surface area (Å²) in [5.41, 5.74) is 0.785. The molecule has 1 amide bonds. The molecule has 0 radical (unpaired) electrons. The van der Waals surface area contributed by atoms with Crippen molar-refractivity contribution in [3.8, 4) is 0 Å². The molecular formula is C15H17Br2NO. The molecule has 0 spiro atoms. The Labute approximate surface area is 130 Å². The van der Waals surface area contributed by atoms with E-state index in [9.17, 15) is 4.79 Å². The van der Waals surface area contributed by atoms with Crippen LogP contribution in [0.1, 0.15) is 42.5 Å². The number of halogens is 2. The minimum absolute atomic E-state index is 0.191. The zero-order valence-electron chi connectivity index (χ0n) is 10.7. The maximum Gasteiger partial charge on any atom is 0.254 e. The second kappa shape index (κ2) is 5.57. The number of benzene rings is 1. The molecule has 102 valence electrons. The van der Waals surface area contributed by atoms with Crippen molar-refractivity contribution >= 4 is 37.8 Å². The predicted octanol–water partition coefficient (Wildman–Crippen LogP) is 4.62. The van der Waals surface area contributed by atoms with Crippen LogP contribution in [0.25, 0.3) is 0 Å². The summed E-state index contributed by atoms with van der Waals surface area (Å²) in [6.07, 6.45) is 6.28. The van der Waals surface area contributed by atoms with E-state index < -0.39 is 0 Å². The van der Waals surface area contributed by atoms with E-state index in [2.05, 4.69) is 36.8 Å². The number of amides is 1. The van der Waals surface area contributed by atoms with Crippen molar-refractivity contribution in [2.24, 2.45) is 5.92 Å². The summed E-state index contributed by atoms with van der Waals surface area (Å²) >= 11 is 6.92. The first-order chi connectivity index (χ1) is 9.15. The van der Waals surface area contributed by atoms with E-state index in [-0.39, 0.29) is 5.91 Å². The quantitative estimate of drug-likeness (QED) is 0.689. The van der Waals surface area contributed by atoms with Gasteiger partial charge < -0.3 is 4.90 Å². The standard InChI is InChI=1S/C15H17Br2NO/c16-12-7-11(8-13(17)9-12)15(19)18-6-5-10-3-1-2-4-14(10)18/h7-10,14H,1-6H2. The van der Waals surface area contributed by atoms with Crippen LogP contribution >= 0.6 is 31.9 Å². The summed E-state index contributed by atoms with van der Waals surface area (Å²) in [6, 6.07) is 6.29. The van der Waals surface area contributed by atoms with Crippen molar-refractivity contribution in [1.29, 1.82) is 0 Å². The van der Waals surface area contributed by atoms with Gasteiger partial charge in [-0.25, -0.2) is 0 Å². The molecule has 1 aliphatic heterocycles. The molecule has 2 aliphatic rings. The van der Waals surface area contributed by atoms with Crippen molar-refractivity contribution in [3.63, 3.8) is 0 Å². The number of hydrogen-bond donors (Lipinski definition) is 0. The fourth-order valence-electron chi connectivity index (χ4n) is 3.50. The smallest absolute Gasteiger partial charge is 0.254 e. The van der Waals surface area contributed by atoms with Gasteiger partial charge in [-0.15, -0.1) is 0 Å². The highest BCUT2D eigenvalue weighted by atomic mass is 79.9. The van der Waals surface area contributed by atoms with Crippen LogP contribution in [0.5, 0.6) is 0 Å². The monoisotopic (exact) mass is 385 g/mol. The Morgan fingerprint density at radius 1 is 1.05 bits per heavy atom. The zero-order valence-corrected chi connectivity index (χ0v) is 13.9. The molecule has 1 saturated carbocycles. The van der Waals surface area contributed by atoms with Gasteiger partial charge in [0.05, 0.1) is 0 Å². The van der Waals surface area contributed by atoms with Gasteiger partial charge in [0.15, 0.2) is 0 Å². The van der Waals surface area contributed by atoms with Gasteiger partial charge in [0.25, 0.3) is 5.91 Å². The Balaban J connectivity index is 1.83. The molecule has 2 fully saturated rings. The largest absolute Gasteiger partial charge is 0.335 e. The highest BCUT2D eigenvalue weighted by molar-refractivity contribution is 9.11. The maximum absolute atomic E-state index is 12.7. The topological polar surface area (TPSA) is 20.3 Å². The molecule has 1 aromatic rings. The first kappa shape index (κ1) is 13.6. The molecule has 2 unspecified atom stereocenters. The van der Waals surface area contributed by atoms with Crippen molar-refractivity contribution in [2.75, 3.05) is 6.54 Å². The molecule has 0 bridgehead atoms. The van der Waals surface area contributed by atoms with Gasteiger partial charge in [0.2, 0.25) is 0 Å². The number of hydrogen-bond acceptors (Lipinski definition) is 1. The highest BCUT2D eigenvalue weighted by Gasteiger charge is 2.38. The summed E-state index contributed by atoms with van der Waals surface area (Å²) < 4.78 is 1.90. The molecule has 2 nitrogen and oxygen atoms in total. The Morgan fingerprint density at radius 3 is 2.47 bits per heavy atom. The van der Waals surface area contributed by atoms with Gasteiger partial charge in [-0.2, -0.15) is 0 Å². The van der Waals surface area contributed by atoms with Gasteiger partial charge >= 0.3 is 0 Å². The number of carbonyl (C=O) groups excluding carboxylic acids is 1. The van der Waals surface area contributed by atoms with E-state index in [0.717, 1.165) is 27.0 Å². The number of fused-ring (bicyclic) bond motifs is 1. The minimum atomic E-state index is 0.191. The summed E-state index contributed by atoms with van der Waals surface area (Å²) in [6.45, 7) is 0.929. The number of rotatable bonds is 1. The van der Waals surface area contributed by atoms with Crippen LogP contribution in [0.15, 0.2) is 27.1 Å². The summed E-state index contributed by atoms with van der Waals surface area (Å²) in [7, 11) is 0. The van der Waals surface area contributed by atoms with Crippen molar-refractivity contribution in [2.45, 2.75) is 38.1 Å². The number of carbonyl (C=O) groups is 1. The highest BCUT2D eigenvalue weighted by Crippen LogP contribution is 2.37. The van der Waals surface area contributed by atoms with E-state index in [1.165, 1.54) is 32.1 Å². The van der Waals surface area contributed by atoms with E-state index >= 15 is 0 Å². The second-order valence-electron chi connectivity index (χ2n) is 5.56. The Kier molecular flexibility index (Phi) is 3.99. The third-order valence-electron chi connectivity index (χ3n) is 4.38. The molecule has 0 N–H and O–H groups in total. The Bertz CT molecular complexity index is 483. The van der Waals surface area contributed by atoms with Crippen LogP contribution in [-0.2, 0) is 0 Å². The molecule has 1 saturated heterocycles. The molecule has 1 aliphatic carbocycles. The Morgan fingerprint density at radius 2 is 1.74 bits per heavy atom. The number of likely N-dealkylation sites (tertiary alicyclic amines) is 1. The molecular weight excluding hydrogens is 370 g/mol. The van der Waals surface area contributed by atoms with E-state index in [0.29, 0.717) is 6.04 Å². The Hall–Kier alpha value is -0.350. The van der Waals surface area contributed by atoms with Crippen LogP contribution in [0.3, 0.4) is 0 Å². The average molecular weight is 387 g/mol. The van der Waals surface area contributed by atoms with Gasteiger partial charge in [-0.1, -0.05) is 44.7 Å². The van der Waals surface area contributed by atoms with Crippen LogP contribution in [-0.4, -0.2) is 23.4 Å². The third-order valence-corrected chi connectivity index (χ3v) is 5.30. The predicted molar refractivity (Wildman–Crippen MR) is 83.2 cm³/mol. The lowest BCUT2D eigenvalue weighted by molar-refractivity contribution is 0.0690. The normalized spacial score (nSPS) is 26.3. The van der Waals surface area contributed by atoms with Crippen molar-refractivity contribution < 1.29 is 4.79 Å². The summed E-state index contributed by atoms with van der Waals surface area (Å²) in [4.78, 5) is 14.8. The lowest BCUT2D eigenvalue weighted by atomic mass is 9.85. The fraction of sp³-hybridized carbons (Fsp3) is 0.533. The first-order valence-electron chi connectivity index (χ1n) is 6.92. The van der Waals surface area contributed by atoms with Crippen LogP contribution in [0.4, 0.5) is 0 Å². The molecule has 1 heterocycles. The second-order valence-corrected chi connectivity index (χ2v) is 7.39. The number of nitrogens with zero attached hydrogens (tertiary/aromatic N) is 1. The molecule has 1 aromatic carbocycles. The van der Waals surface area contributed by atoms with E-state index in [1.807, 2.05) is 18.2 Å². The van der Waals surface area contributed by atoms with Crippen molar-refractivity contribution in [3.05, 3.63) is 32.7 Å². The zero-order chi connectivity index (χ0) is 13.4. The lowest BCUT2D eigenvalue weighted by Crippen LogP contribution is -2.39. The molecule has 3 rings (SSSR count). The van der Waals surface area contributed by atoms with Gasteiger partial charge in [0.1, 0.15) is 0 Å². The fourth-order valence-corrected chi connectivity index (χ4v) is 4.79. The third kappa shape index (κ3) is 2.75. The van der Waals surface area contributed by atoms with Gasteiger partial charge in [-0.3, -0.25) is 4.79 Å². The lowest BCUT2D eigenvalue weighted by Gasteiger charge is -2.31. The van der Waals surface area contributed by atoms with Crippen molar-refractivity contribution in [1.82, 2.24) is 4.90 Å². The van der Waals surface area contributed by atoms with Crippen LogP contribution < -0.4 is 0 Å². The summed E-state index contributed by atoms with van der Waals surface area (Å²) in [5.74, 6) is 0.935. The molecule has 4 heteroatoms. The maximum atomic E-state index is 12.7. The summed E-state index contributed by atoms with van der Waals surface area (Å²) in [5, 5.41) is 0. The van der Waals surface area contributed by atoms with E-state index in [1.54, 1.807) is 0 Å².